The van der Waals surface area contributed by atoms with Crippen LogP contribution in [0.25, 0.3) is 0 Å². The van der Waals surface area contributed by atoms with Crippen molar-refractivity contribution < 1.29 is 17.9 Å². The first kappa shape index (κ1) is 12.1. The molecule has 0 radical (unpaired) electrons. The van der Waals surface area contributed by atoms with E-state index in [1.54, 1.807) is 6.07 Å². The molecule has 86 valence electrons. The molecule has 0 aliphatic carbocycles. The molecule has 0 aromatic carbocycles. The lowest BCUT2D eigenvalue weighted by Gasteiger charge is -2.17. The van der Waals surface area contributed by atoms with Gasteiger partial charge in [-0.2, -0.15) is 18.4 Å². The first-order valence-electron chi connectivity index (χ1n) is 4.24. The zero-order chi connectivity index (χ0) is 12.3. The van der Waals surface area contributed by atoms with Gasteiger partial charge < -0.3 is 10.5 Å². The molecule has 1 atom stereocenters. The highest BCUT2D eigenvalue weighted by Crippen LogP contribution is 2.28. The normalized spacial score (nSPS) is 12.9. The van der Waals surface area contributed by atoms with Crippen LogP contribution in [0, 0.1) is 11.3 Å². The van der Waals surface area contributed by atoms with Crippen LogP contribution in [0.4, 0.5) is 18.9 Å². The summed E-state index contributed by atoms with van der Waals surface area (Å²) in [6, 6.07) is 3.01. The lowest BCUT2D eigenvalue weighted by molar-refractivity contribution is -0.189. The second kappa shape index (κ2) is 4.26. The summed E-state index contributed by atoms with van der Waals surface area (Å²) in [6.45, 7) is 0.833. The van der Waals surface area contributed by atoms with Gasteiger partial charge in [-0.15, -0.1) is 0 Å². The SMILES string of the molecule is CC(Oc1nccc(C#N)c1N)C(F)(F)F. The maximum absolute atomic E-state index is 12.2. The average molecular weight is 231 g/mol. The summed E-state index contributed by atoms with van der Waals surface area (Å²) in [5.41, 5.74) is 5.24. The van der Waals surface area contributed by atoms with Gasteiger partial charge in [-0.3, -0.25) is 0 Å². The van der Waals surface area contributed by atoms with Gasteiger partial charge in [0.05, 0.1) is 5.56 Å². The Hall–Kier alpha value is -1.97. The van der Waals surface area contributed by atoms with Crippen molar-refractivity contribution in [2.75, 3.05) is 5.73 Å². The number of pyridine rings is 1. The molecule has 0 spiro atoms. The quantitative estimate of drug-likeness (QED) is 0.843. The molecule has 2 N–H and O–H groups in total. The van der Waals surface area contributed by atoms with Crippen molar-refractivity contribution in [1.82, 2.24) is 4.98 Å². The van der Waals surface area contributed by atoms with Crippen molar-refractivity contribution in [3.63, 3.8) is 0 Å². The van der Waals surface area contributed by atoms with Gasteiger partial charge in [-0.25, -0.2) is 4.98 Å². The highest BCUT2D eigenvalue weighted by molar-refractivity contribution is 5.59. The minimum Gasteiger partial charge on any atom is -0.463 e. The van der Waals surface area contributed by atoms with Gasteiger partial charge in [0, 0.05) is 6.20 Å². The first-order valence-corrected chi connectivity index (χ1v) is 4.24. The molecule has 1 aromatic rings. The number of anilines is 1. The van der Waals surface area contributed by atoms with Crippen molar-refractivity contribution in [1.29, 1.82) is 5.26 Å². The standard InChI is InChI=1S/C9H8F3N3O/c1-5(9(10,11)12)16-8-7(14)6(4-13)2-3-15-8/h2-3,5H,14H2,1H3. The Bertz CT molecular complexity index is 425. The molecule has 1 heterocycles. The van der Waals surface area contributed by atoms with Crippen molar-refractivity contribution in [2.24, 2.45) is 0 Å². The number of alkyl halides is 3. The Morgan fingerprint density at radius 3 is 2.69 bits per heavy atom. The minimum atomic E-state index is -4.50. The fourth-order valence-electron chi connectivity index (χ4n) is 0.880. The van der Waals surface area contributed by atoms with E-state index >= 15 is 0 Å². The maximum atomic E-state index is 12.2. The molecule has 0 amide bonds. The monoisotopic (exact) mass is 231 g/mol. The average Bonchev–Trinajstić information content (AvgIpc) is 2.19. The number of hydrogen-bond acceptors (Lipinski definition) is 4. The van der Waals surface area contributed by atoms with E-state index in [1.165, 1.54) is 6.07 Å². The predicted molar refractivity (Wildman–Crippen MR) is 49.5 cm³/mol. The summed E-state index contributed by atoms with van der Waals surface area (Å²) < 4.78 is 41.1. The summed E-state index contributed by atoms with van der Waals surface area (Å²) in [4.78, 5) is 3.54. The molecule has 0 saturated heterocycles. The highest BCUT2D eigenvalue weighted by atomic mass is 19.4. The second-order valence-corrected chi connectivity index (χ2v) is 2.99. The third-order valence-electron chi connectivity index (χ3n) is 1.82. The summed E-state index contributed by atoms with van der Waals surface area (Å²) in [7, 11) is 0. The van der Waals surface area contributed by atoms with Crippen LogP contribution in [0.3, 0.4) is 0 Å². The van der Waals surface area contributed by atoms with Gasteiger partial charge in [0.1, 0.15) is 11.8 Å². The second-order valence-electron chi connectivity index (χ2n) is 2.99. The van der Waals surface area contributed by atoms with E-state index in [0.29, 0.717) is 0 Å². The lowest BCUT2D eigenvalue weighted by Crippen LogP contribution is -2.31. The lowest BCUT2D eigenvalue weighted by atomic mass is 10.2. The van der Waals surface area contributed by atoms with Crippen LogP contribution in [0.15, 0.2) is 12.3 Å². The largest absolute Gasteiger partial charge is 0.463 e. The van der Waals surface area contributed by atoms with Crippen LogP contribution in [0.1, 0.15) is 12.5 Å². The van der Waals surface area contributed by atoms with Crippen LogP contribution < -0.4 is 10.5 Å². The van der Waals surface area contributed by atoms with Crippen LogP contribution in [0.5, 0.6) is 5.88 Å². The Morgan fingerprint density at radius 1 is 1.56 bits per heavy atom. The summed E-state index contributed by atoms with van der Waals surface area (Å²) in [5, 5.41) is 8.60. The van der Waals surface area contributed by atoms with Crippen LogP contribution in [-0.2, 0) is 0 Å². The van der Waals surface area contributed by atoms with E-state index in [0.717, 1.165) is 13.1 Å². The number of nitrogens with zero attached hydrogens (tertiary/aromatic N) is 2. The third kappa shape index (κ3) is 2.53. The fourth-order valence-corrected chi connectivity index (χ4v) is 0.880. The van der Waals surface area contributed by atoms with E-state index in [1.807, 2.05) is 0 Å². The zero-order valence-corrected chi connectivity index (χ0v) is 8.25. The summed E-state index contributed by atoms with van der Waals surface area (Å²) in [5.74, 6) is -0.385. The van der Waals surface area contributed by atoms with Crippen molar-refractivity contribution in [2.45, 2.75) is 19.2 Å². The van der Waals surface area contributed by atoms with Gasteiger partial charge in [-0.1, -0.05) is 0 Å². The Kier molecular flexibility index (Phi) is 3.22. The topological polar surface area (TPSA) is 71.9 Å². The van der Waals surface area contributed by atoms with E-state index in [9.17, 15) is 13.2 Å². The molecule has 1 aromatic heterocycles. The molecule has 0 bridgehead atoms. The fraction of sp³-hybridized carbons (Fsp3) is 0.333. The number of ether oxygens (including phenoxy) is 1. The first-order chi connectivity index (χ1) is 7.36. The summed E-state index contributed by atoms with van der Waals surface area (Å²) >= 11 is 0. The van der Waals surface area contributed by atoms with E-state index < -0.39 is 12.3 Å². The van der Waals surface area contributed by atoms with E-state index in [-0.39, 0.29) is 17.1 Å². The third-order valence-corrected chi connectivity index (χ3v) is 1.82. The number of aromatic nitrogens is 1. The van der Waals surface area contributed by atoms with Crippen LogP contribution in [-0.4, -0.2) is 17.3 Å². The molecule has 4 nitrogen and oxygen atoms in total. The molecule has 7 heteroatoms. The number of hydrogen-bond donors (Lipinski definition) is 1. The van der Waals surface area contributed by atoms with Gasteiger partial charge >= 0.3 is 6.18 Å². The summed E-state index contributed by atoms with van der Waals surface area (Å²) in [6.07, 6.45) is -5.37. The predicted octanol–water partition coefficient (Wildman–Crippen LogP) is 1.87. The Morgan fingerprint density at radius 2 is 2.19 bits per heavy atom. The number of nitrogens with two attached hydrogens (primary N) is 1. The van der Waals surface area contributed by atoms with Gasteiger partial charge in [0.25, 0.3) is 0 Å². The number of nitriles is 1. The maximum Gasteiger partial charge on any atom is 0.425 e. The minimum absolute atomic E-state index is 0.0272. The molecule has 0 aliphatic heterocycles. The molecule has 1 unspecified atom stereocenters. The van der Waals surface area contributed by atoms with E-state index in [2.05, 4.69) is 9.72 Å². The molecule has 16 heavy (non-hydrogen) atoms. The Labute approximate surface area is 89.5 Å². The molecular formula is C9H8F3N3O. The van der Waals surface area contributed by atoms with Crippen molar-refractivity contribution >= 4 is 5.69 Å². The zero-order valence-electron chi connectivity index (χ0n) is 8.25. The number of halogens is 3. The molecule has 0 fully saturated rings. The van der Waals surface area contributed by atoms with Gasteiger partial charge in [-0.05, 0) is 13.0 Å². The molecule has 0 saturated carbocycles. The van der Waals surface area contributed by atoms with E-state index in [4.69, 9.17) is 11.0 Å². The smallest absolute Gasteiger partial charge is 0.425 e. The highest BCUT2D eigenvalue weighted by Gasteiger charge is 2.38. The van der Waals surface area contributed by atoms with Crippen molar-refractivity contribution in [3.8, 4) is 11.9 Å². The Balaban J connectivity index is 2.95. The van der Waals surface area contributed by atoms with Crippen molar-refractivity contribution in [3.05, 3.63) is 17.8 Å². The number of nitrogen functional groups attached to an aromatic ring is 1. The van der Waals surface area contributed by atoms with Gasteiger partial charge in [0.15, 0.2) is 6.10 Å². The van der Waals surface area contributed by atoms with Gasteiger partial charge in [0.2, 0.25) is 5.88 Å². The van der Waals surface area contributed by atoms with Crippen LogP contribution >= 0.6 is 0 Å². The molecular weight excluding hydrogens is 223 g/mol. The van der Waals surface area contributed by atoms with Crippen LogP contribution in [0.2, 0.25) is 0 Å². The molecule has 1 rings (SSSR count). The molecule has 0 aliphatic rings. The number of rotatable bonds is 2.